The molecule has 1 heterocycles. The molecule has 84 valence electrons. The topological polar surface area (TPSA) is 3.24 Å². The normalized spacial score (nSPS) is 26.9. The van der Waals surface area contributed by atoms with Crippen molar-refractivity contribution in [3.63, 3.8) is 0 Å². The molecule has 0 amide bonds. The highest BCUT2D eigenvalue weighted by Crippen LogP contribution is 2.33. The van der Waals surface area contributed by atoms with E-state index in [1.165, 1.54) is 44.3 Å². The van der Waals surface area contributed by atoms with Crippen LogP contribution >= 0.6 is 0 Å². The molecule has 0 N–H and O–H groups in total. The third-order valence-corrected chi connectivity index (χ3v) is 3.65. The highest BCUT2D eigenvalue weighted by molar-refractivity contribution is 5.36. The third kappa shape index (κ3) is 2.27. The zero-order valence-electron chi connectivity index (χ0n) is 10.3. The number of allylic oxidation sites excluding steroid dienone is 3. The van der Waals surface area contributed by atoms with E-state index in [-0.39, 0.29) is 0 Å². The first-order valence-electron chi connectivity index (χ1n) is 6.32. The molecular weight excluding hydrogens is 182 g/mol. The number of hydrogen-bond donors (Lipinski definition) is 0. The molecule has 1 saturated heterocycles. The smallest absolute Gasteiger partial charge is 0.0360 e. The van der Waals surface area contributed by atoms with Crippen molar-refractivity contribution in [3.8, 4) is 0 Å². The molecule has 2 rings (SSSR count). The molecule has 0 radical (unpaired) electrons. The van der Waals surface area contributed by atoms with E-state index < -0.39 is 0 Å². The fraction of sp³-hybridized carbons (Fsp3) is 0.714. The highest BCUT2D eigenvalue weighted by Gasteiger charge is 2.22. The monoisotopic (exact) mass is 205 g/mol. The maximum Gasteiger partial charge on any atom is 0.0360 e. The molecular formula is C14H23N. The van der Waals surface area contributed by atoms with Crippen molar-refractivity contribution in [3.05, 3.63) is 22.9 Å². The molecule has 1 fully saturated rings. The summed E-state index contributed by atoms with van der Waals surface area (Å²) < 4.78 is 0. The van der Waals surface area contributed by atoms with Gasteiger partial charge in [-0.15, -0.1) is 0 Å². The standard InChI is InChI=1S/C14H23N/c1-11(2)13-7-6-12(3)10-14(13)15-8-4-5-9-15/h10,12H,4-9H2,1-3H3/t12-/m1/s1. The molecule has 0 saturated carbocycles. The predicted molar refractivity (Wildman–Crippen MR) is 65.7 cm³/mol. The molecule has 0 aromatic heterocycles. The van der Waals surface area contributed by atoms with Gasteiger partial charge in [-0.3, -0.25) is 0 Å². The van der Waals surface area contributed by atoms with Crippen LogP contribution in [0.1, 0.15) is 46.5 Å². The Hall–Kier alpha value is -0.720. The van der Waals surface area contributed by atoms with Crippen LogP contribution in [-0.4, -0.2) is 18.0 Å². The summed E-state index contributed by atoms with van der Waals surface area (Å²) in [6.45, 7) is 9.41. The fourth-order valence-electron chi connectivity index (χ4n) is 2.71. The first-order valence-corrected chi connectivity index (χ1v) is 6.32. The lowest BCUT2D eigenvalue weighted by molar-refractivity contribution is 0.410. The Morgan fingerprint density at radius 1 is 1.27 bits per heavy atom. The van der Waals surface area contributed by atoms with Crippen LogP contribution in [0.3, 0.4) is 0 Å². The summed E-state index contributed by atoms with van der Waals surface area (Å²) in [4.78, 5) is 2.60. The predicted octanol–water partition coefficient (Wildman–Crippen LogP) is 3.73. The van der Waals surface area contributed by atoms with Gasteiger partial charge in [0.1, 0.15) is 0 Å². The molecule has 1 heteroatoms. The van der Waals surface area contributed by atoms with Crippen LogP contribution in [0.4, 0.5) is 0 Å². The first-order chi connectivity index (χ1) is 7.18. The molecule has 1 aliphatic carbocycles. The summed E-state index contributed by atoms with van der Waals surface area (Å²) >= 11 is 0. The van der Waals surface area contributed by atoms with Crippen molar-refractivity contribution in [2.75, 3.05) is 13.1 Å². The highest BCUT2D eigenvalue weighted by atomic mass is 15.2. The second-order valence-corrected chi connectivity index (χ2v) is 5.24. The SMILES string of the molecule is CC(C)=C1CC[C@@H](C)C=C1N1CCCC1. The molecule has 1 aliphatic heterocycles. The minimum Gasteiger partial charge on any atom is -0.372 e. The Morgan fingerprint density at radius 2 is 1.93 bits per heavy atom. The number of likely N-dealkylation sites (tertiary alicyclic amines) is 1. The van der Waals surface area contributed by atoms with Gasteiger partial charge in [0.15, 0.2) is 0 Å². The lowest BCUT2D eigenvalue weighted by Gasteiger charge is -2.30. The summed E-state index contributed by atoms with van der Waals surface area (Å²) in [6.07, 6.45) is 7.87. The maximum atomic E-state index is 2.60. The zero-order valence-corrected chi connectivity index (χ0v) is 10.3. The minimum atomic E-state index is 0.767. The summed E-state index contributed by atoms with van der Waals surface area (Å²) in [7, 11) is 0. The Kier molecular flexibility index (Phi) is 3.18. The number of rotatable bonds is 1. The largest absolute Gasteiger partial charge is 0.372 e. The quantitative estimate of drug-likeness (QED) is 0.630. The van der Waals surface area contributed by atoms with Gasteiger partial charge in [-0.1, -0.05) is 18.6 Å². The van der Waals surface area contributed by atoms with E-state index in [9.17, 15) is 0 Å². The van der Waals surface area contributed by atoms with Gasteiger partial charge in [0, 0.05) is 18.8 Å². The van der Waals surface area contributed by atoms with E-state index in [0.29, 0.717) is 0 Å². The van der Waals surface area contributed by atoms with Crippen molar-refractivity contribution in [1.82, 2.24) is 4.90 Å². The molecule has 1 nitrogen and oxygen atoms in total. The van der Waals surface area contributed by atoms with Crippen molar-refractivity contribution in [1.29, 1.82) is 0 Å². The molecule has 0 bridgehead atoms. The lowest BCUT2D eigenvalue weighted by Crippen LogP contribution is -2.23. The second kappa shape index (κ2) is 4.42. The molecule has 0 aromatic carbocycles. The molecule has 0 spiro atoms. The summed E-state index contributed by atoms with van der Waals surface area (Å²) in [5.74, 6) is 0.767. The van der Waals surface area contributed by atoms with E-state index in [0.717, 1.165) is 5.92 Å². The van der Waals surface area contributed by atoms with Crippen LogP contribution in [0.25, 0.3) is 0 Å². The van der Waals surface area contributed by atoms with Crippen molar-refractivity contribution in [2.24, 2.45) is 5.92 Å². The van der Waals surface area contributed by atoms with Gasteiger partial charge in [-0.25, -0.2) is 0 Å². The van der Waals surface area contributed by atoms with E-state index >= 15 is 0 Å². The molecule has 15 heavy (non-hydrogen) atoms. The van der Waals surface area contributed by atoms with Crippen LogP contribution in [0.2, 0.25) is 0 Å². The van der Waals surface area contributed by atoms with Crippen LogP contribution in [0.5, 0.6) is 0 Å². The minimum absolute atomic E-state index is 0.767. The molecule has 1 atom stereocenters. The summed E-state index contributed by atoms with van der Waals surface area (Å²) in [5.41, 5.74) is 4.70. The van der Waals surface area contributed by atoms with Gasteiger partial charge in [0.25, 0.3) is 0 Å². The molecule has 0 aromatic rings. The van der Waals surface area contributed by atoms with Crippen LogP contribution in [-0.2, 0) is 0 Å². The van der Waals surface area contributed by atoms with E-state index in [4.69, 9.17) is 0 Å². The van der Waals surface area contributed by atoms with Gasteiger partial charge in [0.05, 0.1) is 0 Å². The fourth-order valence-corrected chi connectivity index (χ4v) is 2.71. The van der Waals surface area contributed by atoms with Crippen molar-refractivity contribution in [2.45, 2.75) is 46.5 Å². The van der Waals surface area contributed by atoms with Crippen LogP contribution in [0, 0.1) is 5.92 Å². The Bertz CT molecular complexity index is 288. The second-order valence-electron chi connectivity index (χ2n) is 5.24. The lowest BCUT2D eigenvalue weighted by atomic mass is 9.88. The van der Waals surface area contributed by atoms with E-state index in [1.807, 2.05) is 0 Å². The average molecular weight is 205 g/mol. The van der Waals surface area contributed by atoms with E-state index in [2.05, 4.69) is 31.7 Å². The van der Waals surface area contributed by atoms with Crippen LogP contribution in [0.15, 0.2) is 22.9 Å². The van der Waals surface area contributed by atoms with Gasteiger partial charge in [0.2, 0.25) is 0 Å². The first kappa shape index (κ1) is 10.8. The number of hydrogen-bond acceptors (Lipinski definition) is 1. The summed E-state index contributed by atoms with van der Waals surface area (Å²) in [6, 6.07) is 0. The average Bonchev–Trinajstić information content (AvgIpc) is 2.69. The number of nitrogens with zero attached hydrogens (tertiary/aromatic N) is 1. The van der Waals surface area contributed by atoms with Crippen molar-refractivity contribution < 1.29 is 0 Å². The van der Waals surface area contributed by atoms with Crippen LogP contribution < -0.4 is 0 Å². The maximum absolute atomic E-state index is 2.60. The van der Waals surface area contributed by atoms with Gasteiger partial charge in [-0.05, 0) is 51.0 Å². The van der Waals surface area contributed by atoms with E-state index in [1.54, 1.807) is 11.3 Å². The molecule has 2 aliphatic rings. The Balaban J connectivity index is 2.26. The van der Waals surface area contributed by atoms with Gasteiger partial charge in [-0.2, -0.15) is 0 Å². The molecule has 0 unspecified atom stereocenters. The van der Waals surface area contributed by atoms with Crippen molar-refractivity contribution >= 4 is 0 Å². The van der Waals surface area contributed by atoms with Gasteiger partial charge < -0.3 is 4.90 Å². The summed E-state index contributed by atoms with van der Waals surface area (Å²) in [5, 5.41) is 0. The Morgan fingerprint density at radius 3 is 2.53 bits per heavy atom. The Labute approximate surface area is 93.9 Å². The third-order valence-electron chi connectivity index (χ3n) is 3.65. The zero-order chi connectivity index (χ0) is 10.8. The van der Waals surface area contributed by atoms with Gasteiger partial charge >= 0.3 is 0 Å².